The van der Waals surface area contributed by atoms with Crippen molar-refractivity contribution in [2.75, 3.05) is 14.2 Å². The highest BCUT2D eigenvalue weighted by Gasteiger charge is 2.37. The molecule has 0 saturated heterocycles. The summed E-state index contributed by atoms with van der Waals surface area (Å²) in [7, 11) is 3.01. The largest absolute Gasteiger partial charge is 1.00 e. The van der Waals surface area contributed by atoms with Crippen LogP contribution >= 0.6 is 0 Å². The lowest BCUT2D eigenvalue weighted by atomic mass is 10.0. The SMILES string of the molecule is C/C(O)=C(/C)C(=O)OC(C)C.CC(=O)C(C)C(=O)OC(C)C.COC(C)(OC)C(C)C(=O)OC(C)C.[H+]. The van der Waals surface area contributed by atoms with E-state index in [1.165, 1.54) is 35.0 Å². The number of esters is 3. The van der Waals surface area contributed by atoms with Crippen LogP contribution in [0.3, 0.4) is 0 Å². The normalized spacial score (nSPS) is 13.4. The van der Waals surface area contributed by atoms with Gasteiger partial charge in [0.15, 0.2) is 5.79 Å². The van der Waals surface area contributed by atoms with Crippen molar-refractivity contribution in [3.8, 4) is 0 Å². The summed E-state index contributed by atoms with van der Waals surface area (Å²) in [6, 6.07) is 0. The van der Waals surface area contributed by atoms with Gasteiger partial charge in [0, 0.05) is 14.2 Å². The number of methoxy groups -OCH3 is 2. The number of aliphatic hydroxyl groups excluding tert-OH is 1. The number of hydrogen-bond donors (Lipinski definition) is 1. The zero-order valence-electron chi connectivity index (χ0n) is 25.5. The van der Waals surface area contributed by atoms with Crippen LogP contribution in [0.4, 0.5) is 0 Å². The van der Waals surface area contributed by atoms with Crippen LogP contribution in [-0.2, 0) is 42.9 Å². The molecule has 0 radical (unpaired) electrons. The van der Waals surface area contributed by atoms with Crippen LogP contribution < -0.4 is 0 Å². The molecule has 0 aromatic carbocycles. The van der Waals surface area contributed by atoms with Crippen molar-refractivity contribution in [2.45, 2.75) is 107 Å². The van der Waals surface area contributed by atoms with Gasteiger partial charge in [-0.3, -0.25) is 14.4 Å². The molecule has 10 heteroatoms. The van der Waals surface area contributed by atoms with E-state index in [-0.39, 0.29) is 42.8 Å². The lowest BCUT2D eigenvalue weighted by Crippen LogP contribution is -2.42. The Balaban J connectivity index is -0.000000220. The summed E-state index contributed by atoms with van der Waals surface area (Å²) in [6.45, 7) is 20.0. The van der Waals surface area contributed by atoms with Crippen LogP contribution in [0.2, 0.25) is 0 Å². The molecule has 0 spiro atoms. The Bertz CT molecular complexity index is 721. The average molecular weight is 522 g/mol. The standard InChI is InChI=1S/C10H20O4.2C8H14O3/c1-7(2)14-9(11)8(3)10(4,12-5)13-6;2*1-5(2)11-8(10)6(3)7(4)9/h7-8H,1-6H3;5,9H,1-4H3;5-6H,1-4H3/p+1/b;7-6+;. The van der Waals surface area contributed by atoms with Crippen LogP contribution in [0.15, 0.2) is 11.3 Å². The fourth-order valence-corrected chi connectivity index (χ4v) is 1.94. The van der Waals surface area contributed by atoms with Gasteiger partial charge in [-0.25, -0.2) is 4.79 Å². The van der Waals surface area contributed by atoms with Gasteiger partial charge in [0.2, 0.25) is 0 Å². The summed E-state index contributed by atoms with van der Waals surface area (Å²) >= 11 is 0. The molecule has 0 fully saturated rings. The molecule has 0 heterocycles. The second-order valence-corrected chi connectivity index (χ2v) is 9.11. The maximum atomic E-state index is 11.5. The fraction of sp³-hybridized carbons (Fsp3) is 0.769. The molecule has 2 unspecified atom stereocenters. The zero-order valence-corrected chi connectivity index (χ0v) is 24.5. The molecule has 0 saturated carbocycles. The van der Waals surface area contributed by atoms with Gasteiger partial charge >= 0.3 is 19.3 Å². The quantitative estimate of drug-likeness (QED) is 0.108. The van der Waals surface area contributed by atoms with Crippen molar-refractivity contribution >= 4 is 23.7 Å². The number of carbonyl (C=O) groups excluding carboxylic acids is 4. The first-order chi connectivity index (χ1) is 16.3. The minimum Gasteiger partial charge on any atom is -0.512 e. The summed E-state index contributed by atoms with van der Waals surface area (Å²) in [5.74, 6) is -3.37. The van der Waals surface area contributed by atoms with Crippen molar-refractivity contribution in [3.05, 3.63) is 11.3 Å². The number of aliphatic hydroxyl groups is 1. The monoisotopic (exact) mass is 521 g/mol. The predicted molar refractivity (Wildman–Crippen MR) is 137 cm³/mol. The molecule has 0 aliphatic heterocycles. The van der Waals surface area contributed by atoms with Crippen LogP contribution in [0.1, 0.15) is 84.5 Å². The molecule has 0 aliphatic carbocycles. The van der Waals surface area contributed by atoms with E-state index in [1.54, 1.807) is 48.5 Å². The molecule has 36 heavy (non-hydrogen) atoms. The maximum Gasteiger partial charge on any atom is 1.00 e. The van der Waals surface area contributed by atoms with Crippen LogP contribution in [0, 0.1) is 11.8 Å². The van der Waals surface area contributed by atoms with E-state index in [1.807, 2.05) is 13.8 Å². The molecule has 0 bridgehead atoms. The van der Waals surface area contributed by atoms with E-state index in [2.05, 4.69) is 0 Å². The molecule has 0 aromatic heterocycles. The van der Waals surface area contributed by atoms with E-state index in [4.69, 9.17) is 28.8 Å². The van der Waals surface area contributed by atoms with Crippen LogP contribution in [0.5, 0.6) is 0 Å². The lowest BCUT2D eigenvalue weighted by molar-refractivity contribution is -0.231. The Morgan fingerprint density at radius 1 is 0.694 bits per heavy atom. The number of rotatable bonds is 10. The first-order valence-electron chi connectivity index (χ1n) is 11.9. The smallest absolute Gasteiger partial charge is 0.512 e. The molecule has 0 amide bonds. The van der Waals surface area contributed by atoms with E-state index in [0.29, 0.717) is 0 Å². The summed E-state index contributed by atoms with van der Waals surface area (Å²) in [4.78, 5) is 44.1. The highest BCUT2D eigenvalue weighted by Crippen LogP contribution is 2.23. The second kappa shape index (κ2) is 18.8. The summed E-state index contributed by atoms with van der Waals surface area (Å²) in [6.07, 6.45) is -0.413. The first kappa shape index (κ1) is 38.1. The molecule has 0 aliphatic rings. The van der Waals surface area contributed by atoms with E-state index in [0.717, 1.165) is 0 Å². The van der Waals surface area contributed by atoms with Gasteiger partial charge in [-0.05, 0) is 83.1 Å². The van der Waals surface area contributed by atoms with Crippen LogP contribution in [0.25, 0.3) is 0 Å². The number of ketones is 1. The lowest BCUT2D eigenvalue weighted by Gasteiger charge is -2.31. The molecule has 2 atom stereocenters. The average Bonchev–Trinajstić information content (AvgIpc) is 2.76. The molecule has 10 nitrogen and oxygen atoms in total. The number of allylic oxidation sites excluding steroid dienone is 1. The summed E-state index contributed by atoms with van der Waals surface area (Å²) in [5, 5.41) is 8.88. The molecule has 0 aromatic rings. The maximum absolute atomic E-state index is 11.5. The van der Waals surface area contributed by atoms with E-state index in [9.17, 15) is 19.2 Å². The zero-order chi connectivity index (χ0) is 29.4. The van der Waals surface area contributed by atoms with Crippen molar-refractivity contribution in [1.82, 2.24) is 0 Å². The second-order valence-electron chi connectivity index (χ2n) is 9.11. The molecule has 1 N–H and O–H groups in total. The Kier molecular flexibility index (Phi) is 19.8. The number of hydrogen-bond acceptors (Lipinski definition) is 10. The van der Waals surface area contributed by atoms with Gasteiger partial charge in [0.25, 0.3) is 0 Å². The van der Waals surface area contributed by atoms with Crippen molar-refractivity contribution < 1.29 is 49.4 Å². The first-order valence-corrected chi connectivity index (χ1v) is 11.9. The summed E-state index contributed by atoms with van der Waals surface area (Å²) < 4.78 is 24.9. The van der Waals surface area contributed by atoms with Crippen molar-refractivity contribution in [3.63, 3.8) is 0 Å². The Labute approximate surface area is 218 Å². The van der Waals surface area contributed by atoms with Gasteiger partial charge in [0.05, 0.1) is 29.6 Å². The minimum absolute atomic E-state index is 0. The fourth-order valence-electron chi connectivity index (χ4n) is 1.94. The van der Waals surface area contributed by atoms with Crippen molar-refractivity contribution in [2.24, 2.45) is 11.8 Å². The third kappa shape index (κ3) is 17.0. The molecular formula is C26H49O10+. The summed E-state index contributed by atoms with van der Waals surface area (Å²) in [5.41, 5.74) is 0.263. The number of ether oxygens (including phenoxy) is 5. The van der Waals surface area contributed by atoms with E-state index < -0.39 is 29.6 Å². The van der Waals surface area contributed by atoms with Crippen LogP contribution in [-0.4, -0.2) is 67.1 Å². The Hall–Kier alpha value is -2.46. The number of carbonyl (C=O) groups is 4. The third-order valence-electron chi connectivity index (χ3n) is 4.81. The van der Waals surface area contributed by atoms with Gasteiger partial charge in [-0.2, -0.15) is 0 Å². The van der Waals surface area contributed by atoms with Gasteiger partial charge in [-0.1, -0.05) is 0 Å². The highest BCUT2D eigenvalue weighted by atomic mass is 16.7. The van der Waals surface area contributed by atoms with Gasteiger partial charge in [-0.15, -0.1) is 0 Å². The molecular weight excluding hydrogens is 472 g/mol. The predicted octanol–water partition coefficient (Wildman–Crippen LogP) is 4.65. The van der Waals surface area contributed by atoms with Gasteiger partial charge in [0.1, 0.15) is 17.6 Å². The molecule has 0 rings (SSSR count). The Morgan fingerprint density at radius 3 is 1.33 bits per heavy atom. The van der Waals surface area contributed by atoms with Gasteiger partial charge < -0.3 is 28.8 Å². The number of Topliss-reactive ketones (excluding diaryl/α,β-unsaturated/α-hetero) is 1. The topological polar surface area (TPSA) is 135 Å². The molecule has 212 valence electrons. The highest BCUT2D eigenvalue weighted by molar-refractivity contribution is 5.97. The van der Waals surface area contributed by atoms with E-state index >= 15 is 0 Å². The third-order valence-corrected chi connectivity index (χ3v) is 4.81. The minimum atomic E-state index is -0.925. The van der Waals surface area contributed by atoms with Crippen molar-refractivity contribution in [1.29, 1.82) is 0 Å². The Morgan fingerprint density at radius 2 is 1.06 bits per heavy atom.